The van der Waals surface area contributed by atoms with Crippen LogP contribution in [0.15, 0.2) is 24.5 Å². The summed E-state index contributed by atoms with van der Waals surface area (Å²) in [5.74, 6) is -1.80. The number of halogens is 1. The maximum absolute atomic E-state index is 14.5. The minimum absolute atomic E-state index is 0.357. The topological polar surface area (TPSA) is 105 Å². The van der Waals surface area contributed by atoms with E-state index in [1.54, 1.807) is 21.8 Å². The van der Waals surface area contributed by atoms with E-state index in [4.69, 9.17) is 0 Å². The number of anilines is 1. The molecule has 0 atom stereocenters. The van der Waals surface area contributed by atoms with Crippen LogP contribution in [-0.2, 0) is 21.5 Å². The van der Waals surface area contributed by atoms with Gasteiger partial charge in [0.25, 0.3) is 5.91 Å². The molecule has 26 heavy (non-hydrogen) atoms. The SMILES string of the molecule is CC(C)CCn1cc(-c2cc(O)c(N3CC(=O)NS3(=O)=O)c(F)c2)cn1. The molecule has 10 heteroatoms. The molecule has 1 aliphatic heterocycles. The van der Waals surface area contributed by atoms with E-state index in [0.29, 0.717) is 27.9 Å². The molecule has 0 spiro atoms. The number of aromatic nitrogens is 2. The molecule has 140 valence electrons. The van der Waals surface area contributed by atoms with Crippen LogP contribution < -0.4 is 9.03 Å². The number of hydrogen-bond donors (Lipinski definition) is 2. The third kappa shape index (κ3) is 3.50. The van der Waals surface area contributed by atoms with Gasteiger partial charge in [0, 0.05) is 18.3 Å². The first-order valence-electron chi connectivity index (χ1n) is 8.06. The number of carbonyl (C=O) groups is 1. The van der Waals surface area contributed by atoms with E-state index in [0.717, 1.165) is 12.5 Å². The molecule has 0 bridgehead atoms. The molecule has 1 saturated heterocycles. The van der Waals surface area contributed by atoms with Crippen LogP contribution in [0.4, 0.5) is 10.1 Å². The zero-order valence-electron chi connectivity index (χ0n) is 14.3. The van der Waals surface area contributed by atoms with Crippen molar-refractivity contribution in [1.29, 1.82) is 0 Å². The Bertz CT molecular complexity index is 932. The van der Waals surface area contributed by atoms with Crippen LogP contribution >= 0.6 is 0 Å². The Labute approximate surface area is 150 Å². The van der Waals surface area contributed by atoms with Crippen LogP contribution in [-0.4, -0.2) is 35.8 Å². The number of benzene rings is 1. The molecule has 0 saturated carbocycles. The van der Waals surface area contributed by atoms with Crippen molar-refractivity contribution in [2.45, 2.75) is 26.8 Å². The largest absolute Gasteiger partial charge is 0.506 e. The van der Waals surface area contributed by atoms with Gasteiger partial charge >= 0.3 is 10.2 Å². The second-order valence-corrected chi connectivity index (χ2v) is 8.13. The molecule has 0 aliphatic carbocycles. The zero-order valence-corrected chi connectivity index (χ0v) is 15.1. The number of rotatable bonds is 5. The molecule has 1 amide bonds. The van der Waals surface area contributed by atoms with E-state index in [1.165, 1.54) is 6.07 Å². The fourth-order valence-corrected chi connectivity index (χ4v) is 3.84. The summed E-state index contributed by atoms with van der Waals surface area (Å²) >= 11 is 0. The standard InChI is InChI=1S/C16H19FN4O4S/c1-10(2)3-4-20-8-12(7-18-20)11-5-13(17)16(14(22)6-11)21-9-15(23)19-26(21,24)25/h5-8,10,22H,3-4,9H2,1-2H3,(H,19,23). The van der Waals surface area contributed by atoms with Gasteiger partial charge < -0.3 is 5.11 Å². The Hall–Kier alpha value is -2.62. The normalized spacial score (nSPS) is 16.3. The van der Waals surface area contributed by atoms with Crippen LogP contribution in [0, 0.1) is 11.7 Å². The van der Waals surface area contributed by atoms with Crippen molar-refractivity contribution < 1.29 is 22.7 Å². The number of nitrogens with one attached hydrogen (secondary N) is 1. The summed E-state index contributed by atoms with van der Waals surface area (Å²) in [6.45, 7) is 4.33. The summed E-state index contributed by atoms with van der Waals surface area (Å²) in [5, 5.41) is 14.4. The molecule has 2 aromatic rings. The number of phenolic OH excluding ortho intramolecular Hbond substituents is 1. The second-order valence-electron chi connectivity index (χ2n) is 6.54. The first-order chi connectivity index (χ1) is 12.2. The summed E-state index contributed by atoms with van der Waals surface area (Å²) < 4.78 is 42.3. The maximum atomic E-state index is 14.5. The Balaban J connectivity index is 1.92. The predicted molar refractivity (Wildman–Crippen MR) is 93.1 cm³/mol. The lowest BCUT2D eigenvalue weighted by atomic mass is 10.1. The number of aromatic hydroxyl groups is 1. The quantitative estimate of drug-likeness (QED) is 0.818. The molecule has 2 heterocycles. The monoisotopic (exact) mass is 382 g/mol. The molecule has 8 nitrogen and oxygen atoms in total. The van der Waals surface area contributed by atoms with Crippen molar-refractivity contribution >= 4 is 21.8 Å². The summed E-state index contributed by atoms with van der Waals surface area (Å²) in [7, 11) is -4.21. The first-order valence-corrected chi connectivity index (χ1v) is 9.50. The third-order valence-electron chi connectivity index (χ3n) is 4.01. The van der Waals surface area contributed by atoms with Gasteiger partial charge in [-0.2, -0.15) is 13.5 Å². The van der Waals surface area contributed by atoms with Crippen molar-refractivity contribution in [1.82, 2.24) is 14.5 Å². The van der Waals surface area contributed by atoms with Crippen LogP contribution in [0.1, 0.15) is 20.3 Å². The van der Waals surface area contributed by atoms with Gasteiger partial charge in [0.05, 0.1) is 6.20 Å². The minimum atomic E-state index is -4.21. The van der Waals surface area contributed by atoms with E-state index in [1.807, 2.05) is 0 Å². The van der Waals surface area contributed by atoms with E-state index < -0.39 is 39.9 Å². The fraction of sp³-hybridized carbons (Fsp3) is 0.375. The highest BCUT2D eigenvalue weighted by atomic mass is 32.2. The van der Waals surface area contributed by atoms with Crippen molar-refractivity contribution in [3.63, 3.8) is 0 Å². The molecule has 0 radical (unpaired) electrons. The molecule has 1 aromatic carbocycles. The first kappa shape index (κ1) is 18.2. The van der Waals surface area contributed by atoms with Gasteiger partial charge in [0.2, 0.25) is 0 Å². The highest BCUT2D eigenvalue weighted by molar-refractivity contribution is 7.92. The molecule has 1 fully saturated rings. The number of hydrogen-bond acceptors (Lipinski definition) is 5. The number of carbonyl (C=O) groups excluding carboxylic acids is 1. The maximum Gasteiger partial charge on any atom is 0.326 e. The Morgan fingerprint density at radius 2 is 2.08 bits per heavy atom. The lowest BCUT2D eigenvalue weighted by Gasteiger charge is -2.17. The predicted octanol–water partition coefficient (Wildman–Crippen LogP) is 1.62. The highest BCUT2D eigenvalue weighted by Gasteiger charge is 2.37. The van der Waals surface area contributed by atoms with Crippen LogP contribution in [0.2, 0.25) is 0 Å². The van der Waals surface area contributed by atoms with E-state index in [-0.39, 0.29) is 0 Å². The molecular formula is C16H19FN4O4S. The summed E-state index contributed by atoms with van der Waals surface area (Å²) in [6.07, 6.45) is 4.22. The van der Waals surface area contributed by atoms with Crippen molar-refractivity contribution in [2.75, 3.05) is 10.8 Å². The van der Waals surface area contributed by atoms with Crippen molar-refractivity contribution in [3.05, 3.63) is 30.3 Å². The van der Waals surface area contributed by atoms with Gasteiger partial charge in [-0.3, -0.25) is 9.48 Å². The molecule has 3 rings (SSSR count). The van der Waals surface area contributed by atoms with Gasteiger partial charge in [0.1, 0.15) is 18.0 Å². The molecule has 1 aromatic heterocycles. The Morgan fingerprint density at radius 3 is 2.65 bits per heavy atom. The smallest absolute Gasteiger partial charge is 0.326 e. The van der Waals surface area contributed by atoms with E-state index in [2.05, 4.69) is 18.9 Å². The average molecular weight is 382 g/mol. The number of phenols is 1. The molecule has 2 N–H and O–H groups in total. The van der Waals surface area contributed by atoms with Crippen molar-refractivity contribution in [2.24, 2.45) is 5.92 Å². The summed E-state index contributed by atoms with van der Waals surface area (Å²) in [4.78, 5) is 11.3. The fourth-order valence-electron chi connectivity index (χ4n) is 2.67. The lowest BCUT2D eigenvalue weighted by Crippen LogP contribution is -2.30. The second kappa shape index (κ2) is 6.60. The van der Waals surface area contributed by atoms with E-state index >= 15 is 0 Å². The van der Waals surface area contributed by atoms with E-state index in [9.17, 15) is 22.7 Å². The average Bonchev–Trinajstić information content (AvgIpc) is 3.09. The lowest BCUT2D eigenvalue weighted by molar-refractivity contribution is -0.117. The number of aryl methyl sites for hydroxylation is 1. The van der Waals surface area contributed by atoms with Gasteiger partial charge in [-0.1, -0.05) is 13.8 Å². The molecule has 1 aliphatic rings. The molecule has 0 unspecified atom stereocenters. The summed E-state index contributed by atoms with van der Waals surface area (Å²) in [5.41, 5.74) is 0.391. The third-order valence-corrected chi connectivity index (χ3v) is 5.39. The minimum Gasteiger partial charge on any atom is -0.506 e. The Kier molecular flexibility index (Phi) is 4.61. The Morgan fingerprint density at radius 1 is 1.35 bits per heavy atom. The zero-order chi connectivity index (χ0) is 19.1. The number of amides is 1. The van der Waals surface area contributed by atoms with Crippen LogP contribution in [0.3, 0.4) is 0 Å². The van der Waals surface area contributed by atoms with Gasteiger partial charge in [-0.25, -0.2) is 13.4 Å². The van der Waals surface area contributed by atoms with Gasteiger partial charge in [-0.15, -0.1) is 0 Å². The highest BCUT2D eigenvalue weighted by Crippen LogP contribution is 2.37. The molecular weight excluding hydrogens is 363 g/mol. The van der Waals surface area contributed by atoms with Crippen LogP contribution in [0.5, 0.6) is 5.75 Å². The van der Waals surface area contributed by atoms with Gasteiger partial charge in [0.15, 0.2) is 5.82 Å². The van der Waals surface area contributed by atoms with Crippen molar-refractivity contribution in [3.8, 4) is 16.9 Å². The van der Waals surface area contributed by atoms with Crippen LogP contribution in [0.25, 0.3) is 11.1 Å². The number of nitrogens with zero attached hydrogens (tertiary/aromatic N) is 3. The van der Waals surface area contributed by atoms with Gasteiger partial charge in [-0.05, 0) is 30.0 Å². The summed E-state index contributed by atoms with van der Waals surface area (Å²) in [6, 6.07) is 2.36.